The lowest BCUT2D eigenvalue weighted by Crippen LogP contribution is -2.30. The SMILES string of the molecule is CCC1C(=O)CNC1CO. The van der Waals surface area contributed by atoms with Gasteiger partial charge in [0.2, 0.25) is 0 Å². The van der Waals surface area contributed by atoms with Gasteiger partial charge in [0, 0.05) is 12.0 Å². The molecule has 1 aliphatic heterocycles. The van der Waals surface area contributed by atoms with E-state index in [1.165, 1.54) is 0 Å². The fourth-order valence-electron chi connectivity index (χ4n) is 1.43. The molecule has 2 N–H and O–H groups in total. The highest BCUT2D eigenvalue weighted by Gasteiger charge is 2.31. The van der Waals surface area contributed by atoms with Crippen molar-refractivity contribution in [1.29, 1.82) is 0 Å². The Balaban J connectivity index is 2.54. The van der Waals surface area contributed by atoms with Gasteiger partial charge in [0.1, 0.15) is 0 Å². The molecule has 0 bridgehead atoms. The first-order chi connectivity index (χ1) is 4.79. The molecule has 1 heterocycles. The maximum absolute atomic E-state index is 11.0. The summed E-state index contributed by atoms with van der Waals surface area (Å²) in [6, 6.07) is 0.0116. The Bertz CT molecular complexity index is 136. The van der Waals surface area contributed by atoms with E-state index in [4.69, 9.17) is 5.11 Å². The topological polar surface area (TPSA) is 49.3 Å². The van der Waals surface area contributed by atoms with E-state index < -0.39 is 0 Å². The molecule has 1 rings (SSSR count). The number of carbonyl (C=O) groups excluding carboxylic acids is 1. The maximum Gasteiger partial charge on any atom is 0.151 e. The number of rotatable bonds is 2. The van der Waals surface area contributed by atoms with E-state index in [9.17, 15) is 4.79 Å². The molecule has 0 aromatic heterocycles. The minimum atomic E-state index is 0.0116. The summed E-state index contributed by atoms with van der Waals surface area (Å²) >= 11 is 0. The summed E-state index contributed by atoms with van der Waals surface area (Å²) in [6.45, 7) is 2.48. The van der Waals surface area contributed by atoms with Crippen LogP contribution in [-0.4, -0.2) is 30.1 Å². The molecule has 0 amide bonds. The number of hydrogen-bond acceptors (Lipinski definition) is 3. The van der Waals surface area contributed by atoms with E-state index in [1.54, 1.807) is 0 Å². The average Bonchev–Trinajstić information content (AvgIpc) is 2.30. The molecule has 1 fully saturated rings. The van der Waals surface area contributed by atoms with Crippen molar-refractivity contribution in [2.75, 3.05) is 13.2 Å². The lowest BCUT2D eigenvalue weighted by molar-refractivity contribution is -0.120. The Kier molecular flexibility index (Phi) is 2.40. The van der Waals surface area contributed by atoms with Crippen LogP contribution in [0.25, 0.3) is 0 Å². The molecule has 0 aromatic rings. The molecule has 0 saturated carbocycles. The van der Waals surface area contributed by atoms with Gasteiger partial charge in [-0.3, -0.25) is 4.79 Å². The second-order valence-electron chi connectivity index (χ2n) is 2.65. The Morgan fingerprint density at radius 2 is 2.50 bits per heavy atom. The monoisotopic (exact) mass is 143 g/mol. The Labute approximate surface area is 60.4 Å². The molecule has 2 unspecified atom stereocenters. The van der Waals surface area contributed by atoms with E-state index in [2.05, 4.69) is 5.32 Å². The molecule has 2 atom stereocenters. The number of Topliss-reactive ketones (excluding diaryl/α,β-unsaturated/α-hetero) is 1. The van der Waals surface area contributed by atoms with Crippen LogP contribution >= 0.6 is 0 Å². The maximum atomic E-state index is 11.0. The molecule has 0 radical (unpaired) electrons. The van der Waals surface area contributed by atoms with Crippen molar-refractivity contribution in [3.8, 4) is 0 Å². The van der Waals surface area contributed by atoms with E-state index in [0.717, 1.165) is 6.42 Å². The van der Waals surface area contributed by atoms with Crippen molar-refractivity contribution >= 4 is 5.78 Å². The zero-order valence-electron chi connectivity index (χ0n) is 6.13. The summed E-state index contributed by atoms with van der Waals surface area (Å²) in [4.78, 5) is 11.0. The molecular weight excluding hydrogens is 130 g/mol. The predicted molar refractivity (Wildman–Crippen MR) is 37.7 cm³/mol. The fraction of sp³-hybridized carbons (Fsp3) is 0.857. The van der Waals surface area contributed by atoms with Gasteiger partial charge >= 0.3 is 0 Å². The predicted octanol–water partition coefficient (Wildman–Crippen LogP) is -0.454. The quantitative estimate of drug-likeness (QED) is 0.550. The highest BCUT2D eigenvalue weighted by Crippen LogP contribution is 2.14. The molecule has 3 nitrogen and oxygen atoms in total. The van der Waals surface area contributed by atoms with Crippen molar-refractivity contribution < 1.29 is 9.90 Å². The van der Waals surface area contributed by atoms with Crippen LogP contribution < -0.4 is 5.32 Å². The van der Waals surface area contributed by atoms with Gasteiger partial charge in [0.15, 0.2) is 5.78 Å². The third-order valence-electron chi connectivity index (χ3n) is 2.07. The van der Waals surface area contributed by atoms with E-state index in [1.807, 2.05) is 6.92 Å². The standard InChI is InChI=1S/C7H13NO2/c1-2-5-6(4-9)8-3-7(5)10/h5-6,8-9H,2-4H2,1H3. The lowest BCUT2D eigenvalue weighted by Gasteiger charge is -2.12. The number of nitrogens with one attached hydrogen (secondary N) is 1. The van der Waals surface area contributed by atoms with Crippen LogP contribution in [0.2, 0.25) is 0 Å². The number of ketones is 1. The molecular formula is C7H13NO2. The molecule has 3 heteroatoms. The molecule has 0 spiro atoms. The zero-order valence-corrected chi connectivity index (χ0v) is 6.13. The van der Waals surface area contributed by atoms with Crippen molar-refractivity contribution in [3.05, 3.63) is 0 Å². The summed E-state index contributed by atoms with van der Waals surface area (Å²) in [7, 11) is 0. The Morgan fingerprint density at radius 1 is 1.80 bits per heavy atom. The minimum Gasteiger partial charge on any atom is -0.395 e. The second kappa shape index (κ2) is 3.12. The van der Waals surface area contributed by atoms with Gasteiger partial charge in [-0.15, -0.1) is 0 Å². The normalized spacial score (nSPS) is 33.2. The van der Waals surface area contributed by atoms with Crippen molar-refractivity contribution in [3.63, 3.8) is 0 Å². The fourth-order valence-corrected chi connectivity index (χ4v) is 1.43. The van der Waals surface area contributed by atoms with Crippen LogP contribution in [0.3, 0.4) is 0 Å². The van der Waals surface area contributed by atoms with Gasteiger partial charge in [-0.2, -0.15) is 0 Å². The van der Waals surface area contributed by atoms with Gasteiger partial charge in [0.05, 0.1) is 13.2 Å². The highest BCUT2D eigenvalue weighted by atomic mass is 16.3. The van der Waals surface area contributed by atoms with Crippen molar-refractivity contribution in [1.82, 2.24) is 5.32 Å². The molecule has 0 aliphatic carbocycles. The van der Waals surface area contributed by atoms with E-state index in [-0.39, 0.29) is 24.3 Å². The first-order valence-corrected chi connectivity index (χ1v) is 3.66. The highest BCUT2D eigenvalue weighted by molar-refractivity contribution is 5.85. The first kappa shape index (κ1) is 7.69. The largest absolute Gasteiger partial charge is 0.395 e. The first-order valence-electron chi connectivity index (χ1n) is 3.66. The smallest absolute Gasteiger partial charge is 0.151 e. The summed E-state index contributed by atoms with van der Waals surface area (Å²) in [5.41, 5.74) is 0. The van der Waals surface area contributed by atoms with Crippen molar-refractivity contribution in [2.24, 2.45) is 5.92 Å². The molecule has 1 aliphatic rings. The molecule has 1 saturated heterocycles. The molecule has 58 valence electrons. The Morgan fingerprint density at radius 3 is 2.90 bits per heavy atom. The number of carbonyl (C=O) groups is 1. The van der Waals surface area contributed by atoms with Gasteiger partial charge in [-0.1, -0.05) is 6.92 Å². The third-order valence-corrected chi connectivity index (χ3v) is 2.07. The number of aliphatic hydroxyl groups is 1. The Hall–Kier alpha value is -0.410. The summed E-state index contributed by atoms with van der Waals surface area (Å²) in [5.74, 6) is 0.284. The lowest BCUT2D eigenvalue weighted by atomic mass is 9.98. The van der Waals surface area contributed by atoms with Crippen molar-refractivity contribution in [2.45, 2.75) is 19.4 Å². The van der Waals surface area contributed by atoms with Gasteiger partial charge < -0.3 is 10.4 Å². The van der Waals surface area contributed by atoms with Gasteiger partial charge in [0.25, 0.3) is 0 Å². The minimum absolute atomic E-state index is 0.0116. The number of hydrogen-bond donors (Lipinski definition) is 2. The van der Waals surface area contributed by atoms with E-state index in [0.29, 0.717) is 6.54 Å². The van der Waals surface area contributed by atoms with Gasteiger partial charge in [-0.25, -0.2) is 0 Å². The average molecular weight is 143 g/mol. The van der Waals surface area contributed by atoms with Crippen LogP contribution in [0, 0.1) is 5.92 Å². The van der Waals surface area contributed by atoms with Crippen LogP contribution in [0.1, 0.15) is 13.3 Å². The zero-order chi connectivity index (χ0) is 7.56. The summed E-state index contributed by atoms with van der Waals surface area (Å²) < 4.78 is 0. The number of aliphatic hydroxyl groups excluding tert-OH is 1. The van der Waals surface area contributed by atoms with Crippen LogP contribution in [0.4, 0.5) is 0 Å². The molecule has 0 aromatic carbocycles. The van der Waals surface area contributed by atoms with Gasteiger partial charge in [-0.05, 0) is 6.42 Å². The molecule has 10 heavy (non-hydrogen) atoms. The van der Waals surface area contributed by atoms with Crippen LogP contribution in [0.15, 0.2) is 0 Å². The van der Waals surface area contributed by atoms with E-state index >= 15 is 0 Å². The summed E-state index contributed by atoms with van der Waals surface area (Å²) in [5, 5.41) is 11.7. The second-order valence-corrected chi connectivity index (χ2v) is 2.65. The summed E-state index contributed by atoms with van der Waals surface area (Å²) in [6.07, 6.45) is 0.830. The third kappa shape index (κ3) is 1.20. The van der Waals surface area contributed by atoms with Crippen LogP contribution in [-0.2, 0) is 4.79 Å². The van der Waals surface area contributed by atoms with Crippen LogP contribution in [0.5, 0.6) is 0 Å².